The van der Waals surface area contributed by atoms with Gasteiger partial charge in [-0.15, -0.1) is 0 Å². The first kappa shape index (κ1) is 17.3. The molecule has 0 spiro atoms. The van der Waals surface area contributed by atoms with E-state index in [0.717, 1.165) is 5.56 Å². The van der Waals surface area contributed by atoms with E-state index in [2.05, 4.69) is 5.10 Å². The van der Waals surface area contributed by atoms with E-state index in [4.69, 9.17) is 14.7 Å². The molecule has 2 rings (SSSR count). The molecule has 0 N–H and O–H groups in total. The zero-order chi connectivity index (χ0) is 17.5. The van der Waals surface area contributed by atoms with Crippen molar-refractivity contribution in [1.29, 1.82) is 5.26 Å². The number of ketones is 1. The van der Waals surface area contributed by atoms with Crippen LogP contribution in [-0.2, 0) is 0 Å². The highest BCUT2D eigenvalue weighted by Crippen LogP contribution is 2.28. The van der Waals surface area contributed by atoms with Crippen LogP contribution in [0, 0.1) is 11.3 Å². The first-order valence-electron chi connectivity index (χ1n) is 7.49. The first-order chi connectivity index (χ1) is 11.5. The molecule has 124 valence electrons. The molecular formula is C18H19N3O3. The van der Waals surface area contributed by atoms with Crippen LogP contribution in [-0.4, -0.2) is 29.3 Å². The van der Waals surface area contributed by atoms with Crippen molar-refractivity contribution in [3.63, 3.8) is 0 Å². The summed E-state index contributed by atoms with van der Waals surface area (Å²) >= 11 is 0. The fourth-order valence-electron chi connectivity index (χ4n) is 2.03. The number of ether oxygens (including phenoxy) is 2. The van der Waals surface area contributed by atoms with Crippen LogP contribution in [0.1, 0.15) is 35.8 Å². The molecule has 0 amide bonds. The van der Waals surface area contributed by atoms with Crippen molar-refractivity contribution < 1.29 is 14.3 Å². The number of benzene rings is 1. The Labute approximate surface area is 140 Å². The molecule has 6 heteroatoms. The first-order valence-corrected chi connectivity index (χ1v) is 7.49. The van der Waals surface area contributed by atoms with Gasteiger partial charge in [-0.1, -0.05) is 12.1 Å². The third-order valence-electron chi connectivity index (χ3n) is 3.32. The second-order valence-electron chi connectivity index (χ2n) is 5.36. The molecule has 6 nitrogen and oxygen atoms in total. The average Bonchev–Trinajstić information content (AvgIpc) is 3.08. The summed E-state index contributed by atoms with van der Waals surface area (Å²) in [6.45, 7) is 3.95. The SMILES string of the molecule is COc1cc(/C=C/C(=O)c2cnn(C(C)C)c2)ccc1OCC#N. The number of rotatable bonds is 7. The minimum absolute atomic E-state index is 0.0517. The smallest absolute Gasteiger partial charge is 0.189 e. The largest absolute Gasteiger partial charge is 0.493 e. The highest BCUT2D eigenvalue weighted by atomic mass is 16.5. The zero-order valence-electron chi connectivity index (χ0n) is 13.9. The summed E-state index contributed by atoms with van der Waals surface area (Å²) < 4.78 is 12.2. The molecule has 24 heavy (non-hydrogen) atoms. The standard InChI is InChI=1S/C18H19N3O3/c1-13(2)21-12-15(11-20-21)16(22)6-4-14-5-7-17(24-9-8-19)18(10-14)23-3/h4-7,10-13H,9H2,1-3H3/b6-4+. The molecule has 2 aromatic rings. The Hall–Kier alpha value is -3.07. The molecule has 0 bridgehead atoms. The van der Waals surface area contributed by atoms with Gasteiger partial charge in [0, 0.05) is 12.2 Å². The summed E-state index contributed by atoms with van der Waals surface area (Å²) in [6, 6.07) is 7.35. The van der Waals surface area contributed by atoms with Crippen molar-refractivity contribution >= 4 is 11.9 Å². The van der Waals surface area contributed by atoms with E-state index < -0.39 is 0 Å². The molecule has 0 unspecified atom stereocenters. The van der Waals surface area contributed by atoms with Gasteiger partial charge < -0.3 is 9.47 Å². The van der Waals surface area contributed by atoms with Crippen LogP contribution in [0.2, 0.25) is 0 Å². The van der Waals surface area contributed by atoms with E-state index in [-0.39, 0.29) is 18.4 Å². The summed E-state index contributed by atoms with van der Waals surface area (Å²) in [5, 5.41) is 12.7. The van der Waals surface area contributed by atoms with Gasteiger partial charge >= 0.3 is 0 Å². The lowest BCUT2D eigenvalue weighted by Gasteiger charge is -2.08. The summed E-state index contributed by atoms with van der Waals surface area (Å²) in [7, 11) is 1.52. The van der Waals surface area contributed by atoms with Crippen LogP contribution < -0.4 is 9.47 Å². The van der Waals surface area contributed by atoms with Gasteiger partial charge in [-0.2, -0.15) is 10.4 Å². The van der Waals surface area contributed by atoms with Crippen molar-refractivity contribution in [3.05, 3.63) is 47.8 Å². The van der Waals surface area contributed by atoms with Gasteiger partial charge in [0.2, 0.25) is 0 Å². The Morgan fingerprint density at radius 3 is 2.83 bits per heavy atom. The maximum absolute atomic E-state index is 12.2. The van der Waals surface area contributed by atoms with Gasteiger partial charge in [-0.05, 0) is 37.6 Å². The van der Waals surface area contributed by atoms with Crippen molar-refractivity contribution in [2.24, 2.45) is 0 Å². The predicted molar refractivity (Wildman–Crippen MR) is 90.1 cm³/mol. The van der Waals surface area contributed by atoms with Gasteiger partial charge in [-0.3, -0.25) is 9.48 Å². The Kier molecular flexibility index (Phi) is 5.74. The van der Waals surface area contributed by atoms with E-state index in [1.807, 2.05) is 19.9 Å². The predicted octanol–water partition coefficient (Wildman–Crippen LogP) is 3.27. The van der Waals surface area contributed by atoms with Gasteiger partial charge in [-0.25, -0.2) is 0 Å². The fraction of sp³-hybridized carbons (Fsp3) is 0.278. The molecule has 0 aliphatic rings. The second kappa shape index (κ2) is 7.97. The Morgan fingerprint density at radius 1 is 1.42 bits per heavy atom. The van der Waals surface area contributed by atoms with Gasteiger partial charge in [0.15, 0.2) is 23.9 Å². The highest BCUT2D eigenvalue weighted by Gasteiger charge is 2.08. The summed E-state index contributed by atoms with van der Waals surface area (Å²) in [5.41, 5.74) is 1.33. The molecule has 0 aliphatic heterocycles. The molecule has 0 radical (unpaired) electrons. The minimum Gasteiger partial charge on any atom is -0.493 e. The highest BCUT2D eigenvalue weighted by molar-refractivity contribution is 6.06. The number of carbonyl (C=O) groups is 1. The normalized spacial score (nSPS) is 10.8. The molecule has 0 atom stereocenters. The van der Waals surface area contributed by atoms with E-state index in [0.29, 0.717) is 17.1 Å². The van der Waals surface area contributed by atoms with E-state index in [1.165, 1.54) is 13.2 Å². The molecule has 0 saturated heterocycles. The molecule has 1 aromatic heterocycles. The molecular weight excluding hydrogens is 306 g/mol. The quantitative estimate of drug-likeness (QED) is 0.577. The third kappa shape index (κ3) is 4.23. The third-order valence-corrected chi connectivity index (χ3v) is 3.32. The van der Waals surface area contributed by atoms with Crippen LogP contribution in [0.15, 0.2) is 36.7 Å². The van der Waals surface area contributed by atoms with Crippen LogP contribution in [0.3, 0.4) is 0 Å². The van der Waals surface area contributed by atoms with Gasteiger partial charge in [0.05, 0.1) is 18.9 Å². The number of nitriles is 1. The van der Waals surface area contributed by atoms with Crippen LogP contribution in [0.4, 0.5) is 0 Å². The second-order valence-corrected chi connectivity index (χ2v) is 5.36. The number of methoxy groups -OCH3 is 1. The Bertz CT molecular complexity index is 785. The maximum atomic E-state index is 12.2. The molecule has 0 saturated carbocycles. The van der Waals surface area contributed by atoms with E-state index >= 15 is 0 Å². The van der Waals surface area contributed by atoms with Crippen LogP contribution >= 0.6 is 0 Å². The summed E-state index contributed by atoms with van der Waals surface area (Å²) in [6.07, 6.45) is 6.49. The minimum atomic E-state index is -0.120. The van der Waals surface area contributed by atoms with Crippen LogP contribution in [0.25, 0.3) is 6.08 Å². The van der Waals surface area contributed by atoms with Crippen molar-refractivity contribution in [3.8, 4) is 17.6 Å². The maximum Gasteiger partial charge on any atom is 0.189 e. The monoisotopic (exact) mass is 325 g/mol. The molecule has 0 aliphatic carbocycles. The number of allylic oxidation sites excluding steroid dienone is 1. The zero-order valence-corrected chi connectivity index (χ0v) is 13.9. The average molecular weight is 325 g/mol. The van der Waals surface area contributed by atoms with Crippen molar-refractivity contribution in [2.75, 3.05) is 13.7 Å². The number of hydrogen-bond acceptors (Lipinski definition) is 5. The van der Waals surface area contributed by atoms with Crippen molar-refractivity contribution in [2.45, 2.75) is 19.9 Å². The Balaban J connectivity index is 2.13. The van der Waals surface area contributed by atoms with Crippen LogP contribution in [0.5, 0.6) is 11.5 Å². The molecule has 1 heterocycles. The lowest BCUT2D eigenvalue weighted by molar-refractivity contribution is 0.104. The Morgan fingerprint density at radius 2 is 2.21 bits per heavy atom. The number of carbonyl (C=O) groups excluding carboxylic acids is 1. The van der Waals surface area contributed by atoms with Gasteiger partial charge in [0.1, 0.15) is 6.07 Å². The lowest BCUT2D eigenvalue weighted by Crippen LogP contribution is -2.00. The molecule has 1 aromatic carbocycles. The number of nitrogens with zero attached hydrogens (tertiary/aromatic N) is 3. The topological polar surface area (TPSA) is 77.1 Å². The lowest BCUT2D eigenvalue weighted by atomic mass is 10.1. The fourth-order valence-corrected chi connectivity index (χ4v) is 2.03. The number of hydrogen-bond donors (Lipinski definition) is 0. The molecule has 0 fully saturated rings. The van der Waals surface area contributed by atoms with Gasteiger partial charge in [0.25, 0.3) is 0 Å². The van der Waals surface area contributed by atoms with E-state index in [1.54, 1.807) is 41.4 Å². The summed E-state index contributed by atoms with van der Waals surface area (Å²) in [4.78, 5) is 12.2. The van der Waals surface area contributed by atoms with Crippen molar-refractivity contribution in [1.82, 2.24) is 9.78 Å². The van der Waals surface area contributed by atoms with E-state index in [9.17, 15) is 4.79 Å². The number of aromatic nitrogens is 2. The summed E-state index contributed by atoms with van der Waals surface area (Å²) in [5.74, 6) is 0.874.